The Bertz CT molecular complexity index is 512. The maximum absolute atomic E-state index is 13.9. The van der Waals surface area contributed by atoms with Gasteiger partial charge in [-0.05, 0) is 30.4 Å². The highest BCUT2D eigenvalue weighted by Crippen LogP contribution is 2.45. The number of para-hydroxylation sites is 1. The zero-order valence-electron chi connectivity index (χ0n) is 12.5. The molecule has 2 atom stereocenters. The fourth-order valence-corrected chi connectivity index (χ4v) is 3.46. The molecule has 1 aromatic rings. The Morgan fingerprint density at radius 3 is 2.60 bits per heavy atom. The van der Waals surface area contributed by atoms with Crippen molar-refractivity contribution in [3.63, 3.8) is 0 Å². The summed E-state index contributed by atoms with van der Waals surface area (Å²) in [7, 11) is 0. The fraction of sp³-hybridized carbons (Fsp3) is 0.588. The Hall–Kier alpha value is -1.56. The highest BCUT2D eigenvalue weighted by Gasteiger charge is 2.46. The van der Waals surface area contributed by atoms with Crippen LogP contribution in [0.15, 0.2) is 24.3 Å². The van der Waals surface area contributed by atoms with E-state index < -0.39 is 5.54 Å². The average molecular weight is 274 g/mol. The number of hydrogen-bond acceptors (Lipinski definition) is 2. The molecule has 1 aliphatic rings. The van der Waals surface area contributed by atoms with Gasteiger partial charge in [-0.2, -0.15) is 5.26 Å². The molecule has 3 heteroatoms. The molecule has 0 saturated heterocycles. The van der Waals surface area contributed by atoms with Gasteiger partial charge in [0.1, 0.15) is 11.4 Å². The van der Waals surface area contributed by atoms with E-state index in [4.69, 9.17) is 0 Å². The molecular formula is C17H23FN2. The molecule has 108 valence electrons. The largest absolute Gasteiger partial charge is 0.365 e. The summed E-state index contributed by atoms with van der Waals surface area (Å²) in [4.78, 5) is 0. The van der Waals surface area contributed by atoms with Gasteiger partial charge in [0.15, 0.2) is 0 Å². The van der Waals surface area contributed by atoms with E-state index in [1.165, 1.54) is 6.07 Å². The Morgan fingerprint density at radius 2 is 2.00 bits per heavy atom. The molecule has 1 fully saturated rings. The van der Waals surface area contributed by atoms with Crippen LogP contribution < -0.4 is 5.32 Å². The number of hydrogen-bond donors (Lipinski definition) is 1. The monoisotopic (exact) mass is 274 g/mol. The number of benzene rings is 1. The zero-order valence-corrected chi connectivity index (χ0v) is 12.5. The second-order valence-corrected chi connectivity index (χ2v) is 6.85. The first kappa shape index (κ1) is 14.8. The molecular weight excluding hydrogens is 251 g/mol. The first-order chi connectivity index (χ1) is 9.39. The lowest BCUT2D eigenvalue weighted by Crippen LogP contribution is -2.51. The predicted octanol–water partition coefficient (Wildman–Crippen LogP) is 4.74. The molecule has 0 spiro atoms. The summed E-state index contributed by atoms with van der Waals surface area (Å²) < 4.78 is 13.9. The number of anilines is 1. The van der Waals surface area contributed by atoms with Gasteiger partial charge >= 0.3 is 0 Å². The van der Waals surface area contributed by atoms with Crippen molar-refractivity contribution in [3.05, 3.63) is 30.1 Å². The number of halogens is 1. The van der Waals surface area contributed by atoms with Gasteiger partial charge in [-0.1, -0.05) is 45.7 Å². The van der Waals surface area contributed by atoms with E-state index in [2.05, 4.69) is 32.2 Å². The van der Waals surface area contributed by atoms with Crippen LogP contribution in [-0.4, -0.2) is 5.54 Å². The summed E-state index contributed by atoms with van der Waals surface area (Å²) in [6, 6.07) is 9.08. The molecule has 1 N–H and O–H groups in total. The van der Waals surface area contributed by atoms with Crippen LogP contribution >= 0.6 is 0 Å². The number of nitrogens with one attached hydrogen (secondary N) is 1. The van der Waals surface area contributed by atoms with Crippen molar-refractivity contribution in [2.75, 3.05) is 5.32 Å². The summed E-state index contributed by atoms with van der Waals surface area (Å²) in [6.07, 6.45) is 3.95. The quantitative estimate of drug-likeness (QED) is 0.845. The molecule has 20 heavy (non-hydrogen) atoms. The minimum atomic E-state index is -0.668. The van der Waals surface area contributed by atoms with Crippen LogP contribution in [0.4, 0.5) is 10.1 Å². The van der Waals surface area contributed by atoms with Crippen LogP contribution in [0.5, 0.6) is 0 Å². The highest BCUT2D eigenvalue weighted by molar-refractivity contribution is 5.49. The molecule has 0 amide bonds. The van der Waals surface area contributed by atoms with Crippen LogP contribution in [0.3, 0.4) is 0 Å². The lowest BCUT2D eigenvalue weighted by molar-refractivity contribution is 0.127. The van der Waals surface area contributed by atoms with Crippen molar-refractivity contribution >= 4 is 5.69 Å². The maximum atomic E-state index is 13.9. The van der Waals surface area contributed by atoms with Crippen LogP contribution in [0.1, 0.15) is 46.5 Å². The highest BCUT2D eigenvalue weighted by atomic mass is 19.1. The molecule has 0 heterocycles. The molecule has 1 aromatic carbocycles. The van der Waals surface area contributed by atoms with Gasteiger partial charge in [0.2, 0.25) is 0 Å². The van der Waals surface area contributed by atoms with E-state index in [1.807, 2.05) is 0 Å². The van der Waals surface area contributed by atoms with E-state index >= 15 is 0 Å². The molecule has 0 radical (unpaired) electrons. The van der Waals surface area contributed by atoms with E-state index in [-0.39, 0.29) is 17.2 Å². The van der Waals surface area contributed by atoms with Crippen molar-refractivity contribution in [2.24, 2.45) is 11.3 Å². The van der Waals surface area contributed by atoms with E-state index in [0.29, 0.717) is 5.69 Å². The first-order valence-corrected chi connectivity index (χ1v) is 7.33. The van der Waals surface area contributed by atoms with E-state index in [0.717, 1.165) is 25.7 Å². The molecule has 2 unspecified atom stereocenters. The van der Waals surface area contributed by atoms with E-state index in [1.54, 1.807) is 18.2 Å². The third-order valence-corrected chi connectivity index (χ3v) is 4.39. The van der Waals surface area contributed by atoms with Gasteiger partial charge in [-0.3, -0.25) is 0 Å². The van der Waals surface area contributed by atoms with Gasteiger partial charge in [-0.25, -0.2) is 4.39 Å². The number of nitriles is 1. The van der Waals surface area contributed by atoms with Gasteiger partial charge in [0.05, 0.1) is 11.8 Å². The SMILES string of the molecule is CC(C)(C)C1CCCCC1(C#N)Nc1ccccc1F. The Morgan fingerprint density at radius 1 is 1.30 bits per heavy atom. The smallest absolute Gasteiger partial charge is 0.146 e. The van der Waals surface area contributed by atoms with Crippen molar-refractivity contribution < 1.29 is 4.39 Å². The maximum Gasteiger partial charge on any atom is 0.146 e. The van der Waals surface area contributed by atoms with Crippen LogP contribution in [0.2, 0.25) is 0 Å². The van der Waals surface area contributed by atoms with Gasteiger partial charge in [0, 0.05) is 5.92 Å². The topological polar surface area (TPSA) is 35.8 Å². The van der Waals surface area contributed by atoms with Gasteiger partial charge < -0.3 is 5.32 Å². The molecule has 2 nitrogen and oxygen atoms in total. The summed E-state index contributed by atoms with van der Waals surface area (Å²) in [5.74, 6) is -0.0753. The average Bonchev–Trinajstić information content (AvgIpc) is 2.41. The number of rotatable bonds is 2. The van der Waals surface area contributed by atoms with Crippen molar-refractivity contribution in [1.29, 1.82) is 5.26 Å². The molecule has 2 rings (SSSR count). The summed E-state index contributed by atoms with van der Waals surface area (Å²) in [6.45, 7) is 6.49. The first-order valence-electron chi connectivity index (χ1n) is 7.33. The van der Waals surface area contributed by atoms with Crippen molar-refractivity contribution in [1.82, 2.24) is 0 Å². The fourth-order valence-electron chi connectivity index (χ4n) is 3.46. The Labute approximate surface area is 121 Å². The molecule has 0 bridgehead atoms. The third kappa shape index (κ3) is 2.80. The molecule has 0 aliphatic heterocycles. The lowest BCUT2D eigenvalue weighted by Gasteiger charge is -2.46. The van der Waals surface area contributed by atoms with Crippen molar-refractivity contribution in [2.45, 2.75) is 52.0 Å². The zero-order chi connectivity index (χ0) is 14.8. The predicted molar refractivity (Wildman–Crippen MR) is 79.8 cm³/mol. The molecule has 1 aliphatic carbocycles. The lowest BCUT2D eigenvalue weighted by atomic mass is 9.62. The van der Waals surface area contributed by atoms with Crippen molar-refractivity contribution in [3.8, 4) is 6.07 Å². The minimum absolute atomic E-state index is 0.0222. The third-order valence-electron chi connectivity index (χ3n) is 4.39. The van der Waals surface area contributed by atoms with E-state index in [9.17, 15) is 9.65 Å². The summed E-state index contributed by atoms with van der Waals surface area (Å²) in [5.41, 5.74) is -0.210. The van der Waals surface area contributed by atoms with Gasteiger partial charge in [0.25, 0.3) is 0 Å². The second-order valence-electron chi connectivity index (χ2n) is 6.85. The van der Waals surface area contributed by atoms with Crippen LogP contribution in [0.25, 0.3) is 0 Å². The van der Waals surface area contributed by atoms with Gasteiger partial charge in [-0.15, -0.1) is 0 Å². The minimum Gasteiger partial charge on any atom is -0.365 e. The normalized spacial score (nSPS) is 26.9. The standard InChI is InChI=1S/C17H23FN2/c1-16(2,3)15-10-6-7-11-17(15,12-19)20-14-9-5-4-8-13(14)18/h4-5,8-9,15,20H,6-7,10-11H2,1-3H3. The Balaban J connectivity index is 2.37. The molecule has 1 saturated carbocycles. The van der Waals surface area contributed by atoms with Crippen LogP contribution in [-0.2, 0) is 0 Å². The second kappa shape index (κ2) is 5.44. The van der Waals surface area contributed by atoms with Crippen LogP contribution in [0, 0.1) is 28.5 Å². The number of nitrogens with zero attached hydrogens (tertiary/aromatic N) is 1. The Kier molecular flexibility index (Phi) is 4.04. The summed E-state index contributed by atoms with van der Waals surface area (Å²) >= 11 is 0. The molecule has 0 aromatic heterocycles. The summed E-state index contributed by atoms with van der Waals surface area (Å²) in [5, 5.41) is 13.0.